The molecule has 0 aliphatic carbocycles. The lowest BCUT2D eigenvalue weighted by molar-refractivity contribution is -0.385. The number of hydrogen-bond acceptors (Lipinski definition) is 6. The van der Waals surface area contributed by atoms with Crippen LogP contribution in [-0.4, -0.2) is 48.6 Å². The molecule has 0 unspecified atom stereocenters. The Bertz CT molecular complexity index is 837. The van der Waals surface area contributed by atoms with Gasteiger partial charge in [-0.25, -0.2) is 0 Å². The number of nitro groups is 1. The number of methoxy groups -OCH3 is 2. The highest BCUT2D eigenvalue weighted by molar-refractivity contribution is 5.94. The van der Waals surface area contributed by atoms with Crippen molar-refractivity contribution in [3.63, 3.8) is 0 Å². The van der Waals surface area contributed by atoms with E-state index < -0.39 is 16.4 Å². The molecule has 1 amide bonds. The van der Waals surface area contributed by atoms with Crippen molar-refractivity contribution in [2.75, 3.05) is 27.8 Å². The molecule has 0 heterocycles. The van der Waals surface area contributed by atoms with Gasteiger partial charge >= 0.3 is 5.69 Å². The number of nitrogens with zero attached hydrogens (tertiary/aromatic N) is 2. The number of rotatable bonds is 8. The van der Waals surface area contributed by atoms with Gasteiger partial charge < -0.3 is 19.5 Å². The second-order valence-electron chi connectivity index (χ2n) is 5.98. The van der Waals surface area contributed by atoms with Gasteiger partial charge in [0.15, 0.2) is 17.2 Å². The van der Waals surface area contributed by atoms with Crippen molar-refractivity contribution in [2.24, 2.45) is 0 Å². The number of aromatic hydroxyl groups is 1. The number of carbonyl (C=O) groups excluding carboxylic acids is 1. The number of phenolic OH excluding ortho intramolecular Hbond substituents is 1. The average Bonchev–Trinajstić information content (AvgIpc) is 2.66. The van der Waals surface area contributed by atoms with E-state index in [4.69, 9.17) is 9.47 Å². The second kappa shape index (κ2) is 8.88. The Kier molecular flexibility index (Phi) is 6.59. The second-order valence-corrected chi connectivity index (χ2v) is 5.98. The summed E-state index contributed by atoms with van der Waals surface area (Å²) in [6.45, 7) is 0.491. The van der Waals surface area contributed by atoms with Crippen molar-refractivity contribution in [1.82, 2.24) is 4.90 Å². The molecule has 2 aromatic rings. The van der Waals surface area contributed by atoms with Crippen molar-refractivity contribution in [1.29, 1.82) is 0 Å². The predicted molar refractivity (Wildman–Crippen MR) is 99.6 cm³/mol. The minimum Gasteiger partial charge on any atom is -0.502 e. The Morgan fingerprint density at radius 1 is 1.15 bits per heavy atom. The van der Waals surface area contributed by atoms with E-state index in [-0.39, 0.29) is 11.5 Å². The maximum atomic E-state index is 12.4. The maximum Gasteiger partial charge on any atom is 0.310 e. The Hall–Kier alpha value is -3.29. The van der Waals surface area contributed by atoms with Crippen LogP contribution in [0.5, 0.6) is 17.2 Å². The van der Waals surface area contributed by atoms with Crippen LogP contribution < -0.4 is 9.47 Å². The summed E-state index contributed by atoms with van der Waals surface area (Å²) in [5, 5.41) is 20.4. The molecule has 27 heavy (non-hydrogen) atoms. The van der Waals surface area contributed by atoms with Gasteiger partial charge in [-0.15, -0.1) is 0 Å². The van der Waals surface area contributed by atoms with Gasteiger partial charge in [-0.1, -0.05) is 6.07 Å². The van der Waals surface area contributed by atoms with E-state index in [0.717, 1.165) is 30.5 Å². The first-order valence-electron chi connectivity index (χ1n) is 8.31. The Morgan fingerprint density at radius 3 is 2.44 bits per heavy atom. The summed E-state index contributed by atoms with van der Waals surface area (Å²) in [5.74, 6) is 0.476. The van der Waals surface area contributed by atoms with Crippen molar-refractivity contribution >= 4 is 11.6 Å². The molecule has 0 saturated carbocycles. The van der Waals surface area contributed by atoms with Crippen LogP contribution in [-0.2, 0) is 6.42 Å². The van der Waals surface area contributed by atoms with E-state index in [1.165, 1.54) is 11.0 Å². The number of amides is 1. The number of benzene rings is 2. The quantitative estimate of drug-likeness (QED) is 0.563. The van der Waals surface area contributed by atoms with E-state index in [1.54, 1.807) is 21.3 Å². The normalized spacial score (nSPS) is 10.3. The van der Waals surface area contributed by atoms with Crippen molar-refractivity contribution < 1.29 is 24.3 Å². The molecule has 0 atom stereocenters. The number of carbonyl (C=O) groups is 1. The average molecular weight is 374 g/mol. The molecule has 0 aromatic heterocycles. The predicted octanol–water partition coefficient (Wildman–Crippen LogP) is 3.02. The molecule has 8 nitrogen and oxygen atoms in total. The fourth-order valence-electron chi connectivity index (χ4n) is 2.69. The molecule has 0 bridgehead atoms. The first kappa shape index (κ1) is 20.0. The third-order valence-corrected chi connectivity index (χ3v) is 4.17. The van der Waals surface area contributed by atoms with Crippen LogP contribution in [0.4, 0.5) is 5.69 Å². The van der Waals surface area contributed by atoms with E-state index in [9.17, 15) is 20.0 Å². The first-order valence-corrected chi connectivity index (χ1v) is 8.31. The summed E-state index contributed by atoms with van der Waals surface area (Å²) in [4.78, 5) is 24.0. The van der Waals surface area contributed by atoms with Crippen LogP contribution in [0.2, 0.25) is 0 Å². The van der Waals surface area contributed by atoms with Crippen LogP contribution in [0.25, 0.3) is 0 Å². The van der Waals surface area contributed by atoms with Crippen molar-refractivity contribution in [3.05, 3.63) is 57.6 Å². The van der Waals surface area contributed by atoms with Crippen LogP contribution in [0.15, 0.2) is 36.4 Å². The number of hydrogen-bond donors (Lipinski definition) is 1. The number of nitro benzene ring substituents is 1. The Morgan fingerprint density at radius 2 is 1.85 bits per heavy atom. The Labute approximate surface area is 157 Å². The van der Waals surface area contributed by atoms with E-state index in [0.29, 0.717) is 18.0 Å². The number of aryl methyl sites for hydroxylation is 1. The highest BCUT2D eigenvalue weighted by Crippen LogP contribution is 2.28. The van der Waals surface area contributed by atoms with Gasteiger partial charge in [0.05, 0.1) is 19.1 Å². The molecule has 0 aliphatic rings. The summed E-state index contributed by atoms with van der Waals surface area (Å²) >= 11 is 0. The smallest absolute Gasteiger partial charge is 0.310 e. The molecular weight excluding hydrogens is 352 g/mol. The molecule has 1 N–H and O–H groups in total. The lowest BCUT2D eigenvalue weighted by Crippen LogP contribution is -2.28. The van der Waals surface area contributed by atoms with Crippen LogP contribution in [0.3, 0.4) is 0 Å². The minimum absolute atomic E-state index is 0.201. The first-order chi connectivity index (χ1) is 12.9. The molecule has 0 aliphatic heterocycles. The fourth-order valence-corrected chi connectivity index (χ4v) is 2.69. The largest absolute Gasteiger partial charge is 0.502 e. The minimum atomic E-state index is -0.698. The topological polar surface area (TPSA) is 102 Å². The third kappa shape index (κ3) is 4.87. The fraction of sp³-hybridized carbons (Fsp3) is 0.316. The molecule has 2 rings (SSSR count). The van der Waals surface area contributed by atoms with Crippen LogP contribution in [0.1, 0.15) is 22.3 Å². The summed E-state index contributed by atoms with van der Waals surface area (Å²) in [5.41, 5.74) is 0.829. The summed E-state index contributed by atoms with van der Waals surface area (Å²) in [7, 11) is 4.80. The molecular formula is C19H22N2O6. The van der Waals surface area contributed by atoms with Gasteiger partial charge in [0.1, 0.15) is 0 Å². The highest BCUT2D eigenvalue weighted by Gasteiger charge is 2.18. The number of ether oxygens (including phenoxy) is 2. The molecule has 2 aromatic carbocycles. The zero-order chi connectivity index (χ0) is 20.0. The standard InChI is InChI=1S/C19H22N2O6/c1-20(19(23)14-7-8-15(21(24)25)16(22)12-14)10-4-5-13-6-9-17(26-2)18(11-13)27-3/h6-9,11-12,22H,4-5,10H2,1-3H3. The monoisotopic (exact) mass is 374 g/mol. The molecule has 144 valence electrons. The van der Waals surface area contributed by atoms with Gasteiger partial charge in [-0.2, -0.15) is 0 Å². The Balaban J connectivity index is 1.95. The highest BCUT2D eigenvalue weighted by atomic mass is 16.6. The summed E-state index contributed by atoms with van der Waals surface area (Å²) < 4.78 is 10.5. The van der Waals surface area contributed by atoms with Gasteiger partial charge in [0.2, 0.25) is 0 Å². The van der Waals surface area contributed by atoms with E-state index >= 15 is 0 Å². The molecule has 0 spiro atoms. The summed E-state index contributed by atoms with van der Waals surface area (Å²) in [6, 6.07) is 9.26. The molecule has 0 fully saturated rings. The molecule has 0 radical (unpaired) electrons. The molecule has 0 saturated heterocycles. The third-order valence-electron chi connectivity index (χ3n) is 4.17. The van der Waals surface area contributed by atoms with Crippen molar-refractivity contribution in [2.45, 2.75) is 12.8 Å². The molecule has 8 heteroatoms. The van der Waals surface area contributed by atoms with Crippen LogP contribution >= 0.6 is 0 Å². The zero-order valence-corrected chi connectivity index (χ0v) is 15.5. The lowest BCUT2D eigenvalue weighted by Gasteiger charge is -2.17. The van der Waals surface area contributed by atoms with Crippen molar-refractivity contribution in [3.8, 4) is 17.2 Å². The van der Waals surface area contributed by atoms with Gasteiger partial charge in [-0.3, -0.25) is 14.9 Å². The SMILES string of the molecule is COc1ccc(CCCN(C)C(=O)c2ccc([N+](=O)[O-])c(O)c2)cc1OC. The number of phenols is 1. The van der Waals surface area contributed by atoms with Gasteiger partial charge in [0.25, 0.3) is 5.91 Å². The van der Waals surface area contributed by atoms with Gasteiger partial charge in [0, 0.05) is 25.2 Å². The van der Waals surface area contributed by atoms with Gasteiger partial charge in [-0.05, 0) is 42.7 Å². The van der Waals surface area contributed by atoms with Crippen LogP contribution in [0, 0.1) is 10.1 Å². The lowest BCUT2D eigenvalue weighted by atomic mass is 10.1. The van der Waals surface area contributed by atoms with E-state index in [2.05, 4.69) is 0 Å². The maximum absolute atomic E-state index is 12.4. The zero-order valence-electron chi connectivity index (χ0n) is 15.5. The summed E-state index contributed by atoms with van der Waals surface area (Å²) in [6.07, 6.45) is 1.46. The van der Waals surface area contributed by atoms with E-state index in [1.807, 2.05) is 18.2 Å².